The van der Waals surface area contributed by atoms with Crippen LogP contribution in [0.25, 0.3) is 11.6 Å². The van der Waals surface area contributed by atoms with Crippen molar-refractivity contribution < 1.29 is 8.81 Å². The summed E-state index contributed by atoms with van der Waals surface area (Å²) in [5.41, 5.74) is 2.88. The summed E-state index contributed by atoms with van der Waals surface area (Å²) in [6, 6.07) is 9.86. The third kappa shape index (κ3) is 4.21. The van der Waals surface area contributed by atoms with Crippen molar-refractivity contribution in [1.29, 1.82) is 0 Å². The molecule has 1 saturated heterocycles. The van der Waals surface area contributed by atoms with E-state index in [9.17, 15) is 4.39 Å². The number of aryl methyl sites for hydroxylation is 1. The van der Waals surface area contributed by atoms with Crippen LogP contribution in [0.1, 0.15) is 29.7 Å². The van der Waals surface area contributed by atoms with Crippen LogP contribution in [-0.2, 0) is 19.0 Å². The molecule has 6 rings (SSSR count). The SMILES string of the molecule is Cc1ncoc1-c1nnc(SCCCN2C[C@H]3CC3(c3ccc(Cn4cccc4)c(F)c3)C2)n1C. The van der Waals surface area contributed by atoms with E-state index in [0.717, 1.165) is 48.2 Å². The molecule has 0 radical (unpaired) electrons. The molecule has 0 N–H and O–H groups in total. The Hall–Kier alpha value is -2.91. The molecule has 3 aromatic heterocycles. The molecule has 4 heterocycles. The average molecular weight is 493 g/mol. The number of fused-ring (bicyclic) bond motifs is 1. The molecule has 182 valence electrons. The van der Waals surface area contributed by atoms with Gasteiger partial charge in [-0.25, -0.2) is 9.37 Å². The maximum atomic E-state index is 14.9. The molecule has 2 aliphatic rings. The minimum atomic E-state index is -0.0883. The normalized spacial score (nSPS) is 21.5. The summed E-state index contributed by atoms with van der Waals surface area (Å²) in [5.74, 6) is 2.90. The third-order valence-electron chi connectivity index (χ3n) is 7.50. The second-order valence-corrected chi connectivity index (χ2v) is 10.9. The Morgan fingerprint density at radius 3 is 2.86 bits per heavy atom. The van der Waals surface area contributed by atoms with Crippen LogP contribution in [0.2, 0.25) is 0 Å². The van der Waals surface area contributed by atoms with Crippen molar-refractivity contribution in [1.82, 2.24) is 29.2 Å². The maximum Gasteiger partial charge on any atom is 0.202 e. The average Bonchev–Trinajstić information content (AvgIpc) is 3.37. The molecular formula is C26H29FN6OS. The zero-order valence-corrected chi connectivity index (χ0v) is 20.8. The molecule has 0 spiro atoms. The predicted molar refractivity (Wildman–Crippen MR) is 133 cm³/mol. The molecule has 2 fully saturated rings. The molecule has 0 bridgehead atoms. The lowest BCUT2D eigenvalue weighted by atomic mass is 9.93. The van der Waals surface area contributed by atoms with E-state index < -0.39 is 0 Å². The highest BCUT2D eigenvalue weighted by Gasteiger charge is 2.60. The second-order valence-electron chi connectivity index (χ2n) is 9.79. The smallest absolute Gasteiger partial charge is 0.202 e. The van der Waals surface area contributed by atoms with Gasteiger partial charge in [0.1, 0.15) is 5.82 Å². The number of halogens is 1. The van der Waals surface area contributed by atoms with Gasteiger partial charge in [-0.1, -0.05) is 23.9 Å². The summed E-state index contributed by atoms with van der Waals surface area (Å²) >= 11 is 1.72. The topological polar surface area (TPSA) is 64.9 Å². The Labute approximate surface area is 208 Å². The Morgan fingerprint density at radius 2 is 2.09 bits per heavy atom. The zero-order chi connectivity index (χ0) is 24.0. The van der Waals surface area contributed by atoms with E-state index in [2.05, 4.69) is 26.1 Å². The second kappa shape index (κ2) is 8.95. The number of hydrogen-bond donors (Lipinski definition) is 0. The molecule has 1 saturated carbocycles. The first-order chi connectivity index (χ1) is 17.0. The summed E-state index contributed by atoms with van der Waals surface area (Å²) in [5, 5.41) is 9.49. The van der Waals surface area contributed by atoms with E-state index in [-0.39, 0.29) is 11.2 Å². The summed E-state index contributed by atoms with van der Waals surface area (Å²) in [6.45, 7) is 5.66. The van der Waals surface area contributed by atoms with Crippen LogP contribution in [0.4, 0.5) is 4.39 Å². The first-order valence-corrected chi connectivity index (χ1v) is 13.1. The van der Waals surface area contributed by atoms with Crippen LogP contribution in [0, 0.1) is 18.7 Å². The molecule has 0 amide bonds. The quantitative estimate of drug-likeness (QED) is 0.253. The molecule has 9 heteroatoms. The highest BCUT2D eigenvalue weighted by molar-refractivity contribution is 7.99. The van der Waals surface area contributed by atoms with Crippen LogP contribution in [0.15, 0.2) is 58.7 Å². The van der Waals surface area contributed by atoms with Crippen LogP contribution in [-0.4, -0.2) is 54.6 Å². The first kappa shape index (κ1) is 22.5. The Kier molecular flexibility index (Phi) is 5.76. The molecule has 2 atom stereocenters. The van der Waals surface area contributed by atoms with Gasteiger partial charge in [0.15, 0.2) is 17.3 Å². The van der Waals surface area contributed by atoms with Crippen molar-refractivity contribution in [3.63, 3.8) is 0 Å². The first-order valence-electron chi connectivity index (χ1n) is 12.1. The fourth-order valence-corrected chi connectivity index (χ4v) is 6.30. The number of aromatic nitrogens is 5. The lowest BCUT2D eigenvalue weighted by Gasteiger charge is -2.21. The monoisotopic (exact) mass is 492 g/mol. The molecule has 4 aromatic rings. The Balaban J connectivity index is 1.02. The standard InChI is InChI=1S/C26H29FN6OS/c1-18-23(34-17-28-18)24-29-30-25(31(24)2)35-11-5-10-33-15-21-13-26(21,16-33)20-7-6-19(22(27)12-20)14-32-8-3-4-9-32/h3-4,6-9,12,17,21H,5,10-11,13-16H2,1-2H3/t21-,26?/m1/s1. The Bertz CT molecular complexity index is 1330. The number of benzene rings is 1. The summed E-state index contributed by atoms with van der Waals surface area (Å²) in [6.07, 6.45) is 7.62. The lowest BCUT2D eigenvalue weighted by molar-refractivity contribution is 0.299. The molecule has 35 heavy (non-hydrogen) atoms. The molecular weight excluding hydrogens is 463 g/mol. The van der Waals surface area contributed by atoms with Gasteiger partial charge in [-0.3, -0.25) is 0 Å². The molecule has 1 aliphatic carbocycles. The Morgan fingerprint density at radius 1 is 1.23 bits per heavy atom. The van der Waals surface area contributed by atoms with Crippen molar-refractivity contribution in [2.45, 2.75) is 36.9 Å². The van der Waals surface area contributed by atoms with Gasteiger partial charge in [-0.2, -0.15) is 0 Å². The highest BCUT2D eigenvalue weighted by atomic mass is 32.2. The van der Waals surface area contributed by atoms with E-state index in [4.69, 9.17) is 4.42 Å². The van der Waals surface area contributed by atoms with Crippen LogP contribution in [0.3, 0.4) is 0 Å². The van der Waals surface area contributed by atoms with Gasteiger partial charge in [-0.15, -0.1) is 10.2 Å². The molecule has 1 unspecified atom stereocenters. The van der Waals surface area contributed by atoms with E-state index in [0.29, 0.717) is 24.0 Å². The van der Waals surface area contributed by atoms with Crippen LogP contribution >= 0.6 is 11.8 Å². The van der Waals surface area contributed by atoms with Gasteiger partial charge < -0.3 is 18.5 Å². The summed E-state index contributed by atoms with van der Waals surface area (Å²) in [7, 11) is 1.96. The van der Waals surface area contributed by atoms with E-state index in [1.54, 1.807) is 17.8 Å². The van der Waals surface area contributed by atoms with Crippen LogP contribution in [0.5, 0.6) is 0 Å². The fourth-order valence-electron chi connectivity index (χ4n) is 5.47. The zero-order valence-electron chi connectivity index (χ0n) is 20.0. The largest absolute Gasteiger partial charge is 0.440 e. The molecule has 1 aliphatic heterocycles. The van der Waals surface area contributed by atoms with Crippen molar-refractivity contribution in [2.24, 2.45) is 13.0 Å². The van der Waals surface area contributed by atoms with Gasteiger partial charge in [0.25, 0.3) is 0 Å². The van der Waals surface area contributed by atoms with Crippen LogP contribution < -0.4 is 0 Å². The fraction of sp³-hybridized carbons (Fsp3) is 0.423. The number of thioether (sulfide) groups is 1. The third-order valence-corrected chi connectivity index (χ3v) is 8.60. The number of nitrogens with zero attached hydrogens (tertiary/aromatic N) is 6. The van der Waals surface area contributed by atoms with E-state index in [1.165, 1.54) is 18.4 Å². The number of rotatable bonds is 9. The number of likely N-dealkylation sites (tertiary alicyclic amines) is 1. The van der Waals surface area contributed by atoms with Crippen molar-refractivity contribution in [2.75, 3.05) is 25.4 Å². The maximum absolute atomic E-state index is 14.9. The summed E-state index contributed by atoms with van der Waals surface area (Å²) < 4.78 is 24.3. The highest BCUT2D eigenvalue weighted by Crippen LogP contribution is 2.59. The molecule has 1 aromatic carbocycles. The predicted octanol–water partition coefficient (Wildman–Crippen LogP) is 4.52. The number of oxazole rings is 1. The van der Waals surface area contributed by atoms with Gasteiger partial charge in [-0.05, 0) is 56.0 Å². The van der Waals surface area contributed by atoms with Gasteiger partial charge in [0.2, 0.25) is 5.82 Å². The van der Waals surface area contributed by atoms with Gasteiger partial charge in [0.05, 0.1) is 5.69 Å². The van der Waals surface area contributed by atoms with E-state index >= 15 is 0 Å². The minimum absolute atomic E-state index is 0.0883. The lowest BCUT2D eigenvalue weighted by Crippen LogP contribution is -2.28. The van der Waals surface area contributed by atoms with Crippen molar-refractivity contribution in [3.05, 3.63) is 71.8 Å². The van der Waals surface area contributed by atoms with Gasteiger partial charge in [0, 0.05) is 55.8 Å². The number of hydrogen-bond acceptors (Lipinski definition) is 6. The van der Waals surface area contributed by atoms with Gasteiger partial charge >= 0.3 is 0 Å². The number of piperidine rings is 1. The van der Waals surface area contributed by atoms with E-state index in [1.807, 2.05) is 53.7 Å². The molecule has 7 nitrogen and oxygen atoms in total. The van der Waals surface area contributed by atoms with Crippen molar-refractivity contribution in [3.8, 4) is 11.6 Å². The minimum Gasteiger partial charge on any atom is -0.440 e. The summed E-state index contributed by atoms with van der Waals surface area (Å²) in [4.78, 5) is 6.68. The van der Waals surface area contributed by atoms with Crippen molar-refractivity contribution >= 4 is 11.8 Å².